The number of nitrogens with zero attached hydrogens (tertiary/aromatic N) is 1. The Hall–Kier alpha value is -3.40. The van der Waals surface area contributed by atoms with E-state index in [0.717, 1.165) is 25.0 Å². The molecule has 0 spiro atoms. The van der Waals surface area contributed by atoms with Gasteiger partial charge in [-0.2, -0.15) is 0 Å². The number of ether oxygens (including phenoxy) is 1. The van der Waals surface area contributed by atoms with Crippen molar-refractivity contribution in [1.82, 2.24) is 0 Å². The average molecular weight is 550 g/mol. The number of carbonyl (C=O) groups is 2. The lowest BCUT2D eigenvalue weighted by Gasteiger charge is -2.47. The van der Waals surface area contributed by atoms with E-state index >= 15 is 0 Å². The molecule has 214 valence electrons. The predicted molar refractivity (Wildman–Crippen MR) is 165 cm³/mol. The van der Waals surface area contributed by atoms with Gasteiger partial charge in [0.05, 0.1) is 24.1 Å². The summed E-state index contributed by atoms with van der Waals surface area (Å²) in [5.41, 5.74) is 8.00. The summed E-state index contributed by atoms with van der Waals surface area (Å²) in [4.78, 5) is 30.0. The van der Waals surface area contributed by atoms with E-state index in [1.54, 1.807) is 0 Å². The maximum Gasteiger partial charge on any atom is 0.238 e. The van der Waals surface area contributed by atoms with Crippen molar-refractivity contribution in [3.63, 3.8) is 0 Å². The van der Waals surface area contributed by atoms with Crippen molar-refractivity contribution in [2.75, 3.05) is 11.5 Å². The minimum absolute atomic E-state index is 0.00800. The summed E-state index contributed by atoms with van der Waals surface area (Å²) in [5, 5.41) is 0. The van der Waals surface area contributed by atoms with E-state index in [-0.39, 0.29) is 34.5 Å². The van der Waals surface area contributed by atoms with E-state index in [4.69, 9.17) is 4.74 Å². The van der Waals surface area contributed by atoms with Crippen molar-refractivity contribution >= 4 is 17.5 Å². The molecule has 7 rings (SSSR count). The maximum absolute atomic E-state index is 14.3. The summed E-state index contributed by atoms with van der Waals surface area (Å²) >= 11 is 0. The lowest BCUT2D eigenvalue weighted by molar-refractivity contribution is -0.122. The Morgan fingerprint density at radius 3 is 1.59 bits per heavy atom. The topological polar surface area (TPSA) is 46.6 Å². The number of benzene rings is 3. The second kappa shape index (κ2) is 9.86. The van der Waals surface area contributed by atoms with Crippen LogP contribution >= 0.6 is 0 Å². The van der Waals surface area contributed by atoms with Crippen LogP contribution in [0.3, 0.4) is 0 Å². The second-order valence-electron chi connectivity index (χ2n) is 14.3. The number of hydrogen-bond donors (Lipinski definition) is 0. The Kier molecular flexibility index (Phi) is 6.67. The second-order valence-corrected chi connectivity index (χ2v) is 14.3. The van der Waals surface area contributed by atoms with E-state index in [2.05, 4.69) is 84.9 Å². The Balaban J connectivity index is 1.42. The highest BCUT2D eigenvalue weighted by Gasteiger charge is 2.62. The zero-order valence-corrected chi connectivity index (χ0v) is 25.6. The molecular weight excluding hydrogens is 506 g/mol. The number of rotatable bonds is 6. The largest absolute Gasteiger partial charge is 0.494 e. The van der Waals surface area contributed by atoms with Crippen LogP contribution in [0.1, 0.15) is 113 Å². The minimum Gasteiger partial charge on any atom is -0.494 e. The summed E-state index contributed by atoms with van der Waals surface area (Å²) < 4.78 is 5.89. The van der Waals surface area contributed by atoms with Crippen molar-refractivity contribution in [3.05, 3.63) is 94.0 Å². The van der Waals surface area contributed by atoms with Crippen molar-refractivity contribution in [2.45, 2.75) is 90.4 Å². The molecule has 1 fully saturated rings. The van der Waals surface area contributed by atoms with Crippen LogP contribution in [-0.4, -0.2) is 18.4 Å². The first-order valence-corrected chi connectivity index (χ1v) is 15.3. The van der Waals surface area contributed by atoms with Gasteiger partial charge in [0, 0.05) is 11.8 Å². The van der Waals surface area contributed by atoms with Gasteiger partial charge < -0.3 is 4.74 Å². The van der Waals surface area contributed by atoms with Gasteiger partial charge in [-0.25, -0.2) is 4.90 Å². The quantitative estimate of drug-likeness (QED) is 0.230. The number of carbonyl (C=O) groups excluding carboxylic acids is 2. The molecule has 1 aliphatic heterocycles. The SMILES string of the molecule is CCCCCOc1ccc(N2C(=O)[C@H]3[C@@H]4c5ccc(C(C)(C)C)cc5[C@H](c5ccc(C(C)(C)C)cc54)[C@@H]3C2=O)cc1. The molecule has 0 radical (unpaired) electrons. The summed E-state index contributed by atoms with van der Waals surface area (Å²) in [6.45, 7) is 16.2. The van der Waals surface area contributed by atoms with Crippen LogP contribution in [0, 0.1) is 11.8 Å². The third-order valence-corrected chi connectivity index (χ3v) is 9.47. The van der Waals surface area contributed by atoms with Gasteiger partial charge in [-0.05, 0) is 74.9 Å². The Morgan fingerprint density at radius 2 is 1.15 bits per heavy atom. The number of imide groups is 1. The summed E-state index contributed by atoms with van der Waals surface area (Å²) in [7, 11) is 0. The molecule has 0 unspecified atom stereocenters. The van der Waals surface area contributed by atoms with E-state index in [0.29, 0.717) is 12.3 Å². The molecular formula is C37H43NO3. The van der Waals surface area contributed by atoms with Gasteiger partial charge in [-0.1, -0.05) is 97.7 Å². The number of unbranched alkanes of at least 4 members (excludes halogenated alkanes) is 2. The van der Waals surface area contributed by atoms with E-state index < -0.39 is 11.8 Å². The first-order valence-electron chi connectivity index (χ1n) is 15.3. The molecule has 2 bridgehead atoms. The lowest BCUT2D eigenvalue weighted by atomic mass is 9.54. The van der Waals surface area contributed by atoms with E-state index in [1.807, 2.05) is 24.3 Å². The van der Waals surface area contributed by atoms with E-state index in [1.165, 1.54) is 38.3 Å². The molecule has 4 heteroatoms. The van der Waals surface area contributed by atoms with Crippen LogP contribution in [-0.2, 0) is 20.4 Å². The molecule has 3 aliphatic carbocycles. The van der Waals surface area contributed by atoms with Gasteiger partial charge in [0.25, 0.3) is 0 Å². The molecule has 0 aromatic heterocycles. The summed E-state index contributed by atoms with van der Waals surface area (Å²) in [6, 6.07) is 21.0. The predicted octanol–water partition coefficient (Wildman–Crippen LogP) is 8.25. The summed E-state index contributed by atoms with van der Waals surface area (Å²) in [6.07, 6.45) is 3.30. The van der Waals surface area contributed by atoms with Crippen molar-refractivity contribution in [1.29, 1.82) is 0 Å². The molecule has 4 aliphatic rings. The lowest BCUT2D eigenvalue weighted by Crippen LogP contribution is -2.42. The molecule has 41 heavy (non-hydrogen) atoms. The van der Waals surface area contributed by atoms with Gasteiger partial charge in [-0.15, -0.1) is 0 Å². The normalized spacial score (nSPS) is 23.0. The number of hydrogen-bond acceptors (Lipinski definition) is 3. The Bertz CT molecular complexity index is 1420. The van der Waals surface area contributed by atoms with Crippen LogP contribution in [0.5, 0.6) is 5.75 Å². The molecule has 0 saturated carbocycles. The Labute approximate surface area is 245 Å². The van der Waals surface area contributed by atoms with Gasteiger partial charge in [0.1, 0.15) is 5.75 Å². The molecule has 1 saturated heterocycles. The molecule has 3 aromatic rings. The fourth-order valence-corrected chi connectivity index (χ4v) is 7.20. The first kappa shape index (κ1) is 27.8. The highest BCUT2D eigenvalue weighted by atomic mass is 16.5. The molecule has 4 nitrogen and oxygen atoms in total. The maximum atomic E-state index is 14.3. The van der Waals surface area contributed by atoms with Crippen molar-refractivity contribution < 1.29 is 14.3 Å². The minimum atomic E-state index is -0.395. The van der Waals surface area contributed by atoms with Gasteiger partial charge in [0.2, 0.25) is 11.8 Å². The fraction of sp³-hybridized carbons (Fsp3) is 0.459. The highest BCUT2D eigenvalue weighted by Crippen LogP contribution is 2.62. The average Bonchev–Trinajstić information content (AvgIpc) is 3.20. The molecule has 1 heterocycles. The smallest absolute Gasteiger partial charge is 0.238 e. The van der Waals surface area contributed by atoms with Crippen LogP contribution in [0.25, 0.3) is 0 Å². The van der Waals surface area contributed by atoms with Crippen LogP contribution in [0.4, 0.5) is 5.69 Å². The fourth-order valence-electron chi connectivity index (χ4n) is 7.20. The van der Waals surface area contributed by atoms with Crippen LogP contribution in [0.15, 0.2) is 60.7 Å². The van der Waals surface area contributed by atoms with E-state index in [9.17, 15) is 9.59 Å². The van der Waals surface area contributed by atoms with Crippen molar-refractivity contribution in [2.24, 2.45) is 11.8 Å². The monoisotopic (exact) mass is 549 g/mol. The third kappa shape index (κ3) is 4.51. The highest BCUT2D eigenvalue weighted by molar-refractivity contribution is 6.23. The van der Waals surface area contributed by atoms with Gasteiger partial charge >= 0.3 is 0 Å². The van der Waals surface area contributed by atoms with Crippen LogP contribution < -0.4 is 9.64 Å². The standard InChI is InChI=1S/C37H43NO3/c1-8-9-10-19-41-25-15-13-24(14-16-25)38-34(39)32-30-27-18-12-23(37(5,6)7)21-29(27)31(33(32)35(38)40)26-17-11-22(20-28(26)30)36(2,3)4/h11-18,20-21,30-33H,8-10,19H2,1-7H3/t30-,31+,32-,33-/m0/s1. The van der Waals surface area contributed by atoms with Crippen molar-refractivity contribution in [3.8, 4) is 5.75 Å². The Morgan fingerprint density at radius 1 is 0.659 bits per heavy atom. The zero-order valence-electron chi connectivity index (χ0n) is 25.6. The molecule has 2 amide bonds. The summed E-state index contributed by atoms with van der Waals surface area (Å²) in [5.74, 6) is -0.442. The third-order valence-electron chi connectivity index (χ3n) is 9.47. The number of amides is 2. The first-order chi connectivity index (χ1) is 19.4. The van der Waals surface area contributed by atoms with Gasteiger partial charge in [0.15, 0.2) is 0 Å². The molecule has 3 aromatic carbocycles. The number of anilines is 1. The molecule has 0 N–H and O–H groups in total. The zero-order chi connectivity index (χ0) is 29.3. The van der Waals surface area contributed by atoms with Crippen LogP contribution in [0.2, 0.25) is 0 Å². The molecule has 4 atom stereocenters. The van der Waals surface area contributed by atoms with Gasteiger partial charge in [-0.3, -0.25) is 9.59 Å².